The summed E-state index contributed by atoms with van der Waals surface area (Å²) in [6.07, 6.45) is 5.41. The van der Waals surface area contributed by atoms with Crippen LogP contribution in [0.5, 0.6) is 0 Å². The molecule has 1 aliphatic rings. The quantitative estimate of drug-likeness (QED) is 0.423. The molecule has 0 atom stereocenters. The van der Waals surface area contributed by atoms with Crippen molar-refractivity contribution in [2.75, 3.05) is 0 Å². The maximum atomic E-state index is 4.98. The van der Waals surface area contributed by atoms with Gasteiger partial charge in [0.15, 0.2) is 0 Å². The van der Waals surface area contributed by atoms with Crippen molar-refractivity contribution in [3.63, 3.8) is 0 Å². The van der Waals surface area contributed by atoms with Crippen LogP contribution in [0.25, 0.3) is 16.3 Å². The van der Waals surface area contributed by atoms with Crippen LogP contribution in [-0.4, -0.2) is 6.21 Å². The van der Waals surface area contributed by atoms with Crippen molar-refractivity contribution >= 4 is 28.2 Å². The molecule has 4 rings (SSSR count). The highest BCUT2D eigenvalue weighted by Crippen LogP contribution is 2.37. The van der Waals surface area contributed by atoms with E-state index in [0.29, 0.717) is 0 Å². The first-order chi connectivity index (χ1) is 13.5. The van der Waals surface area contributed by atoms with Crippen LogP contribution in [0.15, 0.2) is 70.7 Å². The Morgan fingerprint density at radius 3 is 2.25 bits per heavy atom. The molecule has 28 heavy (non-hydrogen) atoms. The Morgan fingerprint density at radius 1 is 0.857 bits per heavy atom. The minimum absolute atomic E-state index is 0.999. The van der Waals surface area contributed by atoms with Gasteiger partial charge in [-0.2, -0.15) is 0 Å². The molecule has 0 aromatic heterocycles. The van der Waals surface area contributed by atoms with Crippen molar-refractivity contribution in [1.82, 2.24) is 0 Å². The summed E-state index contributed by atoms with van der Waals surface area (Å²) < 4.78 is 0. The summed E-state index contributed by atoms with van der Waals surface area (Å²) in [6, 6.07) is 17.5. The number of hydrogen-bond donors (Lipinski definition) is 0. The highest BCUT2D eigenvalue weighted by Gasteiger charge is 2.16. The number of rotatable bonds is 3. The van der Waals surface area contributed by atoms with Crippen LogP contribution in [0.2, 0.25) is 0 Å². The monoisotopic (exact) mass is 365 g/mol. The fourth-order valence-corrected chi connectivity index (χ4v) is 4.31. The number of aliphatic imine (C=N–C) groups is 1. The van der Waals surface area contributed by atoms with E-state index in [2.05, 4.69) is 95.4 Å². The third kappa shape index (κ3) is 3.22. The molecule has 3 aromatic carbocycles. The largest absolute Gasteiger partial charge is 0.256 e. The molecule has 0 heterocycles. The van der Waals surface area contributed by atoms with Gasteiger partial charge < -0.3 is 0 Å². The van der Waals surface area contributed by atoms with Gasteiger partial charge in [-0.3, -0.25) is 4.99 Å². The second kappa shape index (κ2) is 7.24. The molecular formula is C27H27N. The van der Waals surface area contributed by atoms with Crippen LogP contribution in [0.4, 0.5) is 5.69 Å². The molecule has 0 aliphatic heterocycles. The van der Waals surface area contributed by atoms with Gasteiger partial charge in [0.25, 0.3) is 0 Å². The molecule has 3 aromatic rings. The van der Waals surface area contributed by atoms with Crippen LogP contribution in [0.1, 0.15) is 48.1 Å². The van der Waals surface area contributed by atoms with Crippen LogP contribution >= 0.6 is 0 Å². The Labute approximate surface area is 168 Å². The van der Waals surface area contributed by atoms with Crippen molar-refractivity contribution in [1.29, 1.82) is 0 Å². The van der Waals surface area contributed by atoms with Crippen molar-refractivity contribution < 1.29 is 0 Å². The second-order valence-corrected chi connectivity index (χ2v) is 7.95. The van der Waals surface area contributed by atoms with Gasteiger partial charge in [-0.05, 0) is 79.6 Å². The molecule has 0 radical (unpaired) electrons. The fourth-order valence-electron chi connectivity index (χ4n) is 4.31. The molecule has 1 heteroatoms. The number of aryl methyl sites for hydroxylation is 3. The lowest BCUT2D eigenvalue weighted by Gasteiger charge is -2.13. The maximum Gasteiger partial charge on any atom is 0.0688 e. The molecule has 0 spiro atoms. The number of hydrogen-bond acceptors (Lipinski definition) is 1. The summed E-state index contributed by atoms with van der Waals surface area (Å²) in [5.41, 5.74) is 11.5. The van der Waals surface area contributed by atoms with Crippen LogP contribution in [0, 0.1) is 20.8 Å². The summed E-state index contributed by atoms with van der Waals surface area (Å²) in [5.74, 6) is 0. The highest BCUT2D eigenvalue weighted by molar-refractivity contribution is 6.05. The van der Waals surface area contributed by atoms with E-state index in [0.717, 1.165) is 12.1 Å². The van der Waals surface area contributed by atoms with Crippen molar-refractivity contribution in [3.05, 3.63) is 93.6 Å². The fraction of sp³-hybridized carbons (Fsp3) is 0.222. The van der Waals surface area contributed by atoms with E-state index in [9.17, 15) is 0 Å². The number of fused-ring (bicyclic) bond motifs is 1. The normalized spacial score (nSPS) is 14.4. The van der Waals surface area contributed by atoms with E-state index in [-0.39, 0.29) is 0 Å². The Kier molecular flexibility index (Phi) is 4.77. The lowest BCUT2D eigenvalue weighted by Crippen LogP contribution is -1.96. The van der Waals surface area contributed by atoms with Crippen LogP contribution in [-0.2, 0) is 0 Å². The Bertz CT molecular complexity index is 1150. The van der Waals surface area contributed by atoms with E-state index < -0.39 is 0 Å². The number of nitrogens with zero attached hydrogens (tertiary/aromatic N) is 1. The van der Waals surface area contributed by atoms with E-state index in [1.807, 2.05) is 0 Å². The van der Waals surface area contributed by atoms with E-state index in [4.69, 9.17) is 4.99 Å². The average Bonchev–Trinajstić information content (AvgIpc) is 2.99. The molecule has 0 bridgehead atoms. The zero-order valence-corrected chi connectivity index (χ0v) is 17.4. The first kappa shape index (κ1) is 18.4. The molecule has 1 aliphatic carbocycles. The predicted molar refractivity (Wildman–Crippen MR) is 123 cm³/mol. The Morgan fingerprint density at radius 2 is 1.57 bits per heavy atom. The molecule has 0 N–H and O–H groups in total. The minimum Gasteiger partial charge on any atom is -0.256 e. The molecule has 0 saturated carbocycles. The van der Waals surface area contributed by atoms with Gasteiger partial charge in [0, 0.05) is 11.8 Å². The molecule has 140 valence electrons. The van der Waals surface area contributed by atoms with Crippen LogP contribution < -0.4 is 0 Å². The van der Waals surface area contributed by atoms with E-state index >= 15 is 0 Å². The Balaban J connectivity index is 1.92. The first-order valence-electron chi connectivity index (χ1n) is 9.96. The molecule has 0 fully saturated rings. The summed E-state index contributed by atoms with van der Waals surface area (Å²) >= 11 is 0. The van der Waals surface area contributed by atoms with E-state index in [1.54, 1.807) is 0 Å². The van der Waals surface area contributed by atoms with Gasteiger partial charge >= 0.3 is 0 Å². The smallest absolute Gasteiger partial charge is 0.0688 e. The zero-order chi connectivity index (χ0) is 19.8. The van der Waals surface area contributed by atoms with Crippen molar-refractivity contribution in [2.24, 2.45) is 4.99 Å². The highest BCUT2D eigenvalue weighted by atomic mass is 14.7. The third-order valence-electron chi connectivity index (χ3n) is 5.91. The maximum absolute atomic E-state index is 4.98. The standard InChI is InChI=1S/C27H27N/c1-17-14-19(3)27(20(4)15-17)28-16-26-24-9-7-6-8-22(24)11-13-25(26)23-12-10-18(2)21(23)5/h6-11,13-16H,12H2,1-5H3/b28-16+. The second-order valence-electron chi connectivity index (χ2n) is 7.95. The van der Waals surface area contributed by atoms with Gasteiger partial charge in [0.2, 0.25) is 0 Å². The molecule has 0 saturated heterocycles. The summed E-state index contributed by atoms with van der Waals surface area (Å²) in [5, 5.41) is 2.52. The summed E-state index contributed by atoms with van der Waals surface area (Å²) in [6.45, 7) is 10.9. The first-order valence-corrected chi connectivity index (χ1v) is 9.96. The lowest BCUT2D eigenvalue weighted by molar-refractivity contribution is 1.29. The van der Waals surface area contributed by atoms with E-state index in [1.165, 1.54) is 55.3 Å². The predicted octanol–water partition coefficient (Wildman–Crippen LogP) is 7.64. The zero-order valence-electron chi connectivity index (χ0n) is 17.4. The van der Waals surface area contributed by atoms with Gasteiger partial charge in [-0.15, -0.1) is 0 Å². The van der Waals surface area contributed by atoms with Crippen molar-refractivity contribution in [3.8, 4) is 0 Å². The summed E-state index contributed by atoms with van der Waals surface area (Å²) in [7, 11) is 0. The van der Waals surface area contributed by atoms with Crippen LogP contribution in [0.3, 0.4) is 0 Å². The Hall–Kier alpha value is -2.93. The molecule has 1 nitrogen and oxygen atoms in total. The van der Waals surface area contributed by atoms with Gasteiger partial charge in [0.05, 0.1) is 5.69 Å². The van der Waals surface area contributed by atoms with Gasteiger partial charge in [-0.25, -0.2) is 0 Å². The van der Waals surface area contributed by atoms with Crippen molar-refractivity contribution in [2.45, 2.75) is 41.0 Å². The lowest BCUT2D eigenvalue weighted by atomic mass is 9.92. The SMILES string of the molecule is CC1=CCC(c2ccc3ccccc3c2/C=N/c2c(C)cc(C)cc2C)=C1C. The summed E-state index contributed by atoms with van der Waals surface area (Å²) in [4.78, 5) is 4.98. The molecule has 0 amide bonds. The van der Waals surface area contributed by atoms with Gasteiger partial charge in [-0.1, -0.05) is 65.7 Å². The third-order valence-corrected chi connectivity index (χ3v) is 5.91. The average molecular weight is 366 g/mol. The molecule has 0 unspecified atom stereocenters. The van der Waals surface area contributed by atoms with Gasteiger partial charge in [0.1, 0.15) is 0 Å². The topological polar surface area (TPSA) is 12.4 Å². The number of benzene rings is 3. The molecular weight excluding hydrogens is 338 g/mol. The number of allylic oxidation sites excluding steroid dienone is 4. The minimum atomic E-state index is 0.999.